The molecule has 1 N–H and O–H groups in total. The van der Waals surface area contributed by atoms with Crippen LogP contribution in [0.5, 0.6) is 0 Å². The van der Waals surface area contributed by atoms with E-state index in [4.69, 9.17) is 4.74 Å². The van der Waals surface area contributed by atoms with E-state index in [1.807, 2.05) is 6.92 Å². The standard InChI is InChI=1S/C15H26O3/c1-11(2)13(6-5-12(3)16)7-8-15(4)9-14(17)10-18-15/h7-8,11,13-14,17H,5-6,9-10H2,1-4H3/b8-7+/t13-,14-,15+/m0/s1. The Morgan fingerprint density at radius 2 is 2.22 bits per heavy atom. The van der Waals surface area contributed by atoms with E-state index >= 15 is 0 Å². The van der Waals surface area contributed by atoms with Crippen molar-refractivity contribution < 1.29 is 14.6 Å². The van der Waals surface area contributed by atoms with Gasteiger partial charge in [-0.3, -0.25) is 0 Å². The zero-order valence-corrected chi connectivity index (χ0v) is 12.0. The second-order valence-corrected chi connectivity index (χ2v) is 5.99. The van der Waals surface area contributed by atoms with Gasteiger partial charge in [-0.1, -0.05) is 26.0 Å². The van der Waals surface area contributed by atoms with Gasteiger partial charge in [0.25, 0.3) is 0 Å². The average molecular weight is 254 g/mol. The second kappa shape index (κ2) is 6.48. The molecule has 3 heteroatoms. The van der Waals surface area contributed by atoms with E-state index in [0.29, 0.717) is 31.3 Å². The van der Waals surface area contributed by atoms with Gasteiger partial charge in [0, 0.05) is 12.8 Å². The lowest BCUT2D eigenvalue weighted by Gasteiger charge is -2.21. The predicted molar refractivity (Wildman–Crippen MR) is 72.4 cm³/mol. The smallest absolute Gasteiger partial charge is 0.129 e. The molecule has 1 saturated heterocycles. The number of allylic oxidation sites excluding steroid dienone is 1. The number of aliphatic hydroxyl groups is 1. The van der Waals surface area contributed by atoms with Gasteiger partial charge in [0.1, 0.15) is 5.78 Å². The lowest BCUT2D eigenvalue weighted by molar-refractivity contribution is -0.117. The van der Waals surface area contributed by atoms with Gasteiger partial charge in [-0.05, 0) is 32.1 Å². The molecule has 1 rings (SSSR count). The summed E-state index contributed by atoms with van der Waals surface area (Å²) in [6.45, 7) is 8.39. The Labute approximate surface area is 110 Å². The molecule has 18 heavy (non-hydrogen) atoms. The molecule has 0 amide bonds. The third-order valence-electron chi connectivity index (χ3n) is 3.63. The molecule has 0 spiro atoms. The molecule has 1 aliphatic heterocycles. The Morgan fingerprint density at radius 1 is 1.56 bits per heavy atom. The Balaban J connectivity index is 2.57. The first-order chi connectivity index (χ1) is 8.32. The molecule has 0 bridgehead atoms. The molecule has 1 aliphatic rings. The summed E-state index contributed by atoms with van der Waals surface area (Å²) in [6.07, 6.45) is 6.05. The highest BCUT2D eigenvalue weighted by Gasteiger charge is 2.33. The summed E-state index contributed by atoms with van der Waals surface area (Å²) < 4.78 is 5.60. The quantitative estimate of drug-likeness (QED) is 0.741. The first kappa shape index (κ1) is 15.4. The zero-order valence-electron chi connectivity index (χ0n) is 12.0. The Morgan fingerprint density at radius 3 is 2.67 bits per heavy atom. The van der Waals surface area contributed by atoms with E-state index in [1.165, 1.54) is 0 Å². The molecule has 0 aliphatic carbocycles. The largest absolute Gasteiger partial charge is 0.391 e. The maximum absolute atomic E-state index is 11.1. The van der Waals surface area contributed by atoms with Crippen LogP contribution >= 0.6 is 0 Å². The highest BCUT2D eigenvalue weighted by Crippen LogP contribution is 2.29. The molecule has 1 fully saturated rings. The van der Waals surface area contributed by atoms with Gasteiger partial charge in [-0.25, -0.2) is 0 Å². The van der Waals surface area contributed by atoms with Crippen molar-refractivity contribution in [3.05, 3.63) is 12.2 Å². The molecule has 0 unspecified atom stereocenters. The minimum atomic E-state index is -0.352. The monoisotopic (exact) mass is 254 g/mol. The Bertz CT molecular complexity index is 309. The minimum Gasteiger partial charge on any atom is -0.391 e. The van der Waals surface area contributed by atoms with E-state index < -0.39 is 0 Å². The van der Waals surface area contributed by atoms with Crippen LogP contribution in [0.25, 0.3) is 0 Å². The summed E-state index contributed by atoms with van der Waals surface area (Å²) in [5, 5.41) is 9.51. The summed E-state index contributed by atoms with van der Waals surface area (Å²) in [4.78, 5) is 11.1. The number of hydrogen-bond donors (Lipinski definition) is 1. The Kier molecular flexibility index (Phi) is 5.54. The number of ketones is 1. The predicted octanol–water partition coefficient (Wildman–Crippen LogP) is 2.72. The van der Waals surface area contributed by atoms with Crippen molar-refractivity contribution in [3.63, 3.8) is 0 Å². The number of Topliss-reactive ketones (excluding diaryl/α,β-unsaturated/α-hetero) is 1. The zero-order chi connectivity index (χ0) is 13.8. The molecular formula is C15H26O3. The molecule has 104 valence electrons. The van der Waals surface area contributed by atoms with Crippen molar-refractivity contribution >= 4 is 5.78 Å². The van der Waals surface area contributed by atoms with Crippen LogP contribution in [0.3, 0.4) is 0 Å². The highest BCUT2D eigenvalue weighted by molar-refractivity contribution is 5.75. The molecule has 0 radical (unpaired) electrons. The van der Waals surface area contributed by atoms with Crippen LogP contribution in [0.2, 0.25) is 0 Å². The molecule has 3 atom stereocenters. The molecular weight excluding hydrogens is 228 g/mol. The third kappa shape index (κ3) is 4.91. The topological polar surface area (TPSA) is 46.5 Å². The number of aliphatic hydroxyl groups excluding tert-OH is 1. The highest BCUT2D eigenvalue weighted by atomic mass is 16.5. The average Bonchev–Trinajstić information content (AvgIpc) is 2.58. The van der Waals surface area contributed by atoms with Gasteiger partial charge >= 0.3 is 0 Å². The molecule has 0 aromatic heterocycles. The van der Waals surface area contributed by atoms with Crippen LogP contribution in [0.1, 0.15) is 47.0 Å². The fourth-order valence-corrected chi connectivity index (χ4v) is 2.34. The summed E-state index contributed by atoms with van der Waals surface area (Å²) in [6, 6.07) is 0. The van der Waals surface area contributed by atoms with Crippen molar-refractivity contribution in [2.75, 3.05) is 6.61 Å². The normalized spacial score (nSPS) is 30.2. The molecule has 0 saturated carbocycles. The van der Waals surface area contributed by atoms with Crippen LogP contribution in [0.15, 0.2) is 12.2 Å². The molecule has 3 nitrogen and oxygen atoms in total. The van der Waals surface area contributed by atoms with E-state index in [2.05, 4.69) is 26.0 Å². The summed E-state index contributed by atoms with van der Waals surface area (Å²) in [7, 11) is 0. The van der Waals surface area contributed by atoms with Crippen LogP contribution in [-0.4, -0.2) is 29.2 Å². The lowest BCUT2D eigenvalue weighted by Crippen LogP contribution is -2.21. The number of carbonyl (C=O) groups is 1. The lowest BCUT2D eigenvalue weighted by atomic mass is 9.88. The van der Waals surface area contributed by atoms with Gasteiger partial charge in [0.05, 0.1) is 18.3 Å². The Hall–Kier alpha value is -0.670. The summed E-state index contributed by atoms with van der Waals surface area (Å²) >= 11 is 0. The van der Waals surface area contributed by atoms with E-state index in [-0.39, 0.29) is 17.5 Å². The fourth-order valence-electron chi connectivity index (χ4n) is 2.34. The van der Waals surface area contributed by atoms with Gasteiger partial charge in [-0.2, -0.15) is 0 Å². The first-order valence-electron chi connectivity index (χ1n) is 6.83. The van der Waals surface area contributed by atoms with Gasteiger partial charge in [0.2, 0.25) is 0 Å². The van der Waals surface area contributed by atoms with Crippen LogP contribution in [0, 0.1) is 11.8 Å². The molecule has 0 aromatic rings. The minimum absolute atomic E-state index is 0.243. The first-order valence-corrected chi connectivity index (χ1v) is 6.83. The maximum Gasteiger partial charge on any atom is 0.129 e. The molecule has 0 aromatic carbocycles. The second-order valence-electron chi connectivity index (χ2n) is 5.99. The number of hydrogen-bond acceptors (Lipinski definition) is 3. The maximum atomic E-state index is 11.1. The number of ether oxygens (including phenoxy) is 1. The van der Waals surface area contributed by atoms with Gasteiger partial charge in [-0.15, -0.1) is 0 Å². The van der Waals surface area contributed by atoms with Crippen LogP contribution in [0.4, 0.5) is 0 Å². The van der Waals surface area contributed by atoms with Crippen molar-refractivity contribution in [2.24, 2.45) is 11.8 Å². The molecule has 1 heterocycles. The van der Waals surface area contributed by atoms with E-state index in [0.717, 1.165) is 6.42 Å². The van der Waals surface area contributed by atoms with Crippen molar-refractivity contribution in [1.29, 1.82) is 0 Å². The van der Waals surface area contributed by atoms with Crippen molar-refractivity contribution in [1.82, 2.24) is 0 Å². The van der Waals surface area contributed by atoms with E-state index in [9.17, 15) is 9.90 Å². The summed E-state index contributed by atoms with van der Waals surface area (Å²) in [5.41, 5.74) is -0.344. The van der Waals surface area contributed by atoms with Crippen molar-refractivity contribution in [3.8, 4) is 0 Å². The number of carbonyl (C=O) groups excluding carboxylic acids is 1. The summed E-state index contributed by atoms with van der Waals surface area (Å²) in [5.74, 6) is 1.15. The van der Waals surface area contributed by atoms with Gasteiger partial charge in [0.15, 0.2) is 0 Å². The SMILES string of the molecule is CC(=O)CC[C@@H](/C=C/[C@]1(C)C[C@H](O)CO1)C(C)C. The number of rotatable bonds is 6. The van der Waals surface area contributed by atoms with Gasteiger partial charge < -0.3 is 14.6 Å². The van der Waals surface area contributed by atoms with E-state index in [1.54, 1.807) is 6.92 Å². The van der Waals surface area contributed by atoms with Crippen molar-refractivity contribution in [2.45, 2.75) is 58.7 Å². The van der Waals surface area contributed by atoms with Crippen LogP contribution < -0.4 is 0 Å². The van der Waals surface area contributed by atoms with Crippen LogP contribution in [-0.2, 0) is 9.53 Å². The fraction of sp³-hybridized carbons (Fsp3) is 0.800. The third-order valence-corrected chi connectivity index (χ3v) is 3.63.